The summed E-state index contributed by atoms with van der Waals surface area (Å²) in [7, 11) is -9.02. The van der Waals surface area contributed by atoms with Crippen LogP contribution in [0, 0.1) is 0 Å². The summed E-state index contributed by atoms with van der Waals surface area (Å²) in [5.74, 6) is -4.76. The molecule has 20 heteroatoms. The minimum absolute atomic E-state index is 0.0241. The van der Waals surface area contributed by atoms with Gasteiger partial charge in [-0.05, 0) is 42.3 Å². The van der Waals surface area contributed by atoms with Crippen LogP contribution < -0.4 is 19.5 Å². The standard InChI is InChI=1S/C30H33N5O13S2/c1-2-33(16-13-25(38)48-35-23(36)11-12-24(35)37)21-7-3-19(4-8-21)26-28(39)27(30(41)29(26)40)20-5-9-22(10-6-20)34(17-14-31-49(42,43)44)18-15-32-50(45,46)47/h3-10,31-32H,2,11-18H2,1H3,(H2-,39,40,41,42,43,44,45,46,47). The van der Waals surface area contributed by atoms with Gasteiger partial charge in [0.25, 0.3) is 11.8 Å². The molecule has 4 N–H and O–H groups in total. The van der Waals surface area contributed by atoms with E-state index in [4.69, 9.17) is 13.9 Å². The molecule has 0 atom stereocenters. The van der Waals surface area contributed by atoms with Crippen LogP contribution in [0.15, 0.2) is 65.5 Å². The van der Waals surface area contributed by atoms with Crippen molar-refractivity contribution in [2.24, 2.45) is 0 Å². The Morgan fingerprint density at radius 2 is 1.40 bits per heavy atom. The largest absolute Gasteiger partial charge is 0.871 e. The van der Waals surface area contributed by atoms with Gasteiger partial charge in [0.15, 0.2) is 18.8 Å². The van der Waals surface area contributed by atoms with E-state index in [1.807, 2.05) is 16.4 Å². The zero-order valence-corrected chi connectivity index (χ0v) is 28.2. The fourth-order valence-corrected chi connectivity index (χ4v) is 5.95. The number of carbonyl (C=O) groups is 5. The molecular weight excluding hydrogens is 702 g/mol. The highest BCUT2D eigenvalue weighted by Crippen LogP contribution is 2.34. The van der Waals surface area contributed by atoms with Gasteiger partial charge < -0.3 is 14.8 Å². The number of imide groups is 1. The highest BCUT2D eigenvalue weighted by atomic mass is 32.2. The molecule has 50 heavy (non-hydrogen) atoms. The summed E-state index contributed by atoms with van der Waals surface area (Å²) in [4.78, 5) is 68.3. The molecule has 1 aliphatic heterocycles. The minimum atomic E-state index is -4.51. The van der Waals surface area contributed by atoms with Gasteiger partial charge in [0.2, 0.25) is 11.6 Å². The Morgan fingerprint density at radius 1 is 0.880 bits per heavy atom. The van der Waals surface area contributed by atoms with Gasteiger partial charge in [0.05, 0.1) is 19.5 Å². The predicted molar refractivity (Wildman–Crippen MR) is 172 cm³/mol. The molecule has 1 heterocycles. The van der Waals surface area contributed by atoms with E-state index >= 15 is 0 Å². The summed E-state index contributed by atoms with van der Waals surface area (Å²) in [6.45, 7) is 1.75. The third-order valence-electron chi connectivity index (χ3n) is 7.66. The number of benzene rings is 1. The second-order valence-corrected chi connectivity index (χ2v) is 13.4. The van der Waals surface area contributed by atoms with Gasteiger partial charge in [-0.3, -0.25) is 28.3 Å². The highest BCUT2D eigenvalue weighted by Gasteiger charge is 2.35. The molecule has 2 aliphatic carbocycles. The van der Waals surface area contributed by atoms with E-state index in [-0.39, 0.29) is 74.3 Å². The maximum Gasteiger partial charge on any atom is 0.334 e. The first-order chi connectivity index (χ1) is 23.5. The van der Waals surface area contributed by atoms with Gasteiger partial charge in [-0.15, -0.1) is 5.06 Å². The Balaban J connectivity index is 1.51. The van der Waals surface area contributed by atoms with Crippen molar-refractivity contribution in [1.82, 2.24) is 14.5 Å². The number of nitrogens with one attached hydrogen (secondary N) is 2. The molecule has 1 fully saturated rings. The molecule has 0 spiro atoms. The van der Waals surface area contributed by atoms with Crippen molar-refractivity contribution in [3.8, 4) is 0 Å². The zero-order valence-electron chi connectivity index (χ0n) is 26.5. The Bertz CT molecular complexity index is 1910. The lowest BCUT2D eigenvalue weighted by Crippen LogP contribution is -2.36. The maximum atomic E-state index is 13.4. The van der Waals surface area contributed by atoms with Crippen LogP contribution >= 0.6 is 0 Å². The number of nitrogens with zero attached hydrogens (tertiary/aromatic N) is 3. The molecule has 0 unspecified atom stereocenters. The number of Topliss-reactive ketones (excluding diaryl/α,β-unsaturated/α-hetero) is 2. The summed E-state index contributed by atoms with van der Waals surface area (Å²) in [5, 5.41) is 13.9. The van der Waals surface area contributed by atoms with Crippen LogP contribution in [0.3, 0.4) is 0 Å². The highest BCUT2D eigenvalue weighted by molar-refractivity contribution is 7.84. The number of rotatable bonds is 15. The SMILES string of the molecule is CCN(CCC(=O)ON1C(=O)CCC1=O)c1ccc(C2=C([O-])C(=C3C=CC(=[N+](CCNS(=O)(=O)O)CCNS(=O)(=O)O)C=C3)C(=O)C2=O)cc1. The molecule has 0 radical (unpaired) electrons. The van der Waals surface area contributed by atoms with Crippen LogP contribution in [0.2, 0.25) is 0 Å². The molecule has 1 aromatic rings. The van der Waals surface area contributed by atoms with Crippen LogP contribution in [0.5, 0.6) is 0 Å². The first-order valence-electron chi connectivity index (χ1n) is 15.1. The third kappa shape index (κ3) is 9.64. The van der Waals surface area contributed by atoms with E-state index in [2.05, 4.69) is 0 Å². The van der Waals surface area contributed by atoms with Gasteiger partial charge >= 0.3 is 26.6 Å². The Hall–Kier alpha value is -4.86. The first-order valence-corrected chi connectivity index (χ1v) is 18.0. The minimum Gasteiger partial charge on any atom is -0.871 e. The third-order valence-corrected chi connectivity index (χ3v) is 8.79. The number of carbonyl (C=O) groups excluding carboxylic acids is 5. The van der Waals surface area contributed by atoms with Crippen LogP contribution in [-0.2, 0) is 49.4 Å². The molecule has 18 nitrogen and oxygen atoms in total. The van der Waals surface area contributed by atoms with Gasteiger partial charge in [0, 0.05) is 54.9 Å². The fraction of sp³-hybridized carbons (Fsp3) is 0.333. The lowest BCUT2D eigenvalue weighted by molar-refractivity contribution is -0.522. The number of hydroxylamine groups is 2. The van der Waals surface area contributed by atoms with Gasteiger partial charge in [0.1, 0.15) is 0 Å². The van der Waals surface area contributed by atoms with E-state index in [9.17, 15) is 45.9 Å². The summed E-state index contributed by atoms with van der Waals surface area (Å²) in [6.07, 6.45) is 5.49. The van der Waals surface area contributed by atoms with Crippen LogP contribution in [0.1, 0.15) is 31.7 Å². The van der Waals surface area contributed by atoms with Crippen LogP contribution in [0.4, 0.5) is 5.69 Å². The van der Waals surface area contributed by atoms with Gasteiger partial charge in [-0.25, -0.2) is 9.37 Å². The molecule has 0 aromatic heterocycles. The number of amides is 2. The number of hydrogen-bond donors (Lipinski definition) is 4. The van der Waals surface area contributed by atoms with Gasteiger partial charge in [-0.2, -0.15) is 26.3 Å². The Labute approximate surface area is 286 Å². The molecule has 0 bridgehead atoms. The second kappa shape index (κ2) is 15.8. The fourth-order valence-electron chi connectivity index (χ4n) is 5.25. The predicted octanol–water partition coefficient (Wildman–Crippen LogP) is -1.61. The number of anilines is 1. The zero-order chi connectivity index (χ0) is 36.8. The number of hydrogen-bond acceptors (Lipinski definition) is 12. The van der Waals surface area contributed by atoms with Gasteiger partial charge in [-0.1, -0.05) is 17.9 Å². The monoisotopic (exact) mass is 735 g/mol. The average molecular weight is 736 g/mol. The van der Waals surface area contributed by atoms with Crippen molar-refractivity contribution in [2.45, 2.75) is 26.2 Å². The molecule has 1 aromatic carbocycles. The van der Waals surface area contributed by atoms with Crippen molar-refractivity contribution in [3.63, 3.8) is 0 Å². The van der Waals surface area contributed by atoms with E-state index in [1.54, 1.807) is 17.0 Å². The van der Waals surface area contributed by atoms with Crippen LogP contribution in [0.25, 0.3) is 5.57 Å². The van der Waals surface area contributed by atoms with E-state index in [0.717, 1.165) is 0 Å². The van der Waals surface area contributed by atoms with Crippen molar-refractivity contribution < 1.29 is 64.4 Å². The first kappa shape index (κ1) is 38.0. The summed E-state index contributed by atoms with van der Waals surface area (Å²) >= 11 is 0. The second-order valence-electron chi connectivity index (χ2n) is 10.9. The molecule has 2 amide bonds. The van der Waals surface area contributed by atoms with Crippen molar-refractivity contribution in [1.29, 1.82) is 0 Å². The molecule has 4 rings (SSSR count). The van der Waals surface area contributed by atoms with Crippen molar-refractivity contribution in [3.05, 3.63) is 71.0 Å². The smallest absolute Gasteiger partial charge is 0.334 e. The molecule has 1 saturated heterocycles. The average Bonchev–Trinajstić information content (AvgIpc) is 3.48. The quantitative estimate of drug-likeness (QED) is 0.0520. The Kier molecular flexibility index (Phi) is 12.0. The van der Waals surface area contributed by atoms with E-state index in [1.165, 1.54) is 41.0 Å². The molecule has 0 saturated carbocycles. The molecule has 268 valence electrons. The van der Waals surface area contributed by atoms with Crippen molar-refractivity contribution in [2.75, 3.05) is 44.2 Å². The maximum absolute atomic E-state index is 13.4. The normalized spacial score (nSPS) is 16.7. The van der Waals surface area contributed by atoms with Crippen LogP contribution in [-0.4, -0.2) is 110 Å². The summed E-state index contributed by atoms with van der Waals surface area (Å²) < 4.78 is 67.3. The Morgan fingerprint density at radius 3 is 1.90 bits per heavy atom. The lowest BCUT2D eigenvalue weighted by atomic mass is 10.00. The van der Waals surface area contributed by atoms with E-state index in [0.29, 0.717) is 23.0 Å². The number of allylic oxidation sites excluding steroid dienone is 7. The summed E-state index contributed by atoms with van der Waals surface area (Å²) in [6, 6.07) is 6.18. The lowest BCUT2D eigenvalue weighted by Gasteiger charge is -2.23. The molecular formula is C30H33N5O13S2. The summed E-state index contributed by atoms with van der Waals surface area (Å²) in [5.41, 5.74) is 0.620. The topological polar surface area (TPSA) is 260 Å². The molecule has 3 aliphatic rings. The van der Waals surface area contributed by atoms with Crippen molar-refractivity contribution >= 4 is 66.9 Å². The number of ketones is 2. The van der Waals surface area contributed by atoms with E-state index < -0.39 is 55.7 Å².